The molecule has 0 radical (unpaired) electrons. The highest BCUT2D eigenvalue weighted by atomic mass is 16.5. The van der Waals surface area contributed by atoms with E-state index in [1.807, 2.05) is 49.3 Å². The molecule has 0 spiro atoms. The van der Waals surface area contributed by atoms with Crippen LogP contribution in [-0.4, -0.2) is 27.2 Å². The van der Waals surface area contributed by atoms with Gasteiger partial charge in [0, 0.05) is 19.7 Å². The fraction of sp³-hybridized carbons (Fsp3) is 0.188. The number of methoxy groups -OCH3 is 1. The summed E-state index contributed by atoms with van der Waals surface area (Å²) in [7, 11) is 5.16. The number of benzene rings is 1. The molecule has 19 heavy (non-hydrogen) atoms. The van der Waals surface area contributed by atoms with Gasteiger partial charge in [0.15, 0.2) is 0 Å². The van der Waals surface area contributed by atoms with Crippen LogP contribution in [-0.2, 0) is 4.74 Å². The first-order valence-corrected chi connectivity index (χ1v) is 5.92. The fourth-order valence-electron chi connectivity index (χ4n) is 1.78. The Morgan fingerprint density at radius 3 is 2.42 bits per heavy atom. The van der Waals surface area contributed by atoms with Crippen molar-refractivity contribution in [2.75, 3.05) is 26.1 Å². The first-order valence-electron chi connectivity index (χ1n) is 5.92. The van der Waals surface area contributed by atoms with Crippen molar-refractivity contribution >= 4 is 11.7 Å². The molecule has 0 aliphatic carbocycles. The summed E-state index contributed by atoms with van der Waals surface area (Å²) in [6, 6.07) is 17.5. The summed E-state index contributed by atoms with van der Waals surface area (Å²) in [6.45, 7) is 0. The third kappa shape index (κ3) is 2.69. The van der Waals surface area contributed by atoms with Crippen molar-refractivity contribution in [3.8, 4) is 11.1 Å². The highest BCUT2D eigenvalue weighted by Gasteiger charge is 2.14. The lowest BCUT2D eigenvalue weighted by atomic mass is 10.0. The van der Waals surface area contributed by atoms with E-state index >= 15 is 0 Å². The molecule has 2 rings (SSSR count). The lowest BCUT2D eigenvalue weighted by Crippen LogP contribution is -2.10. The summed E-state index contributed by atoms with van der Waals surface area (Å²) in [5, 5.41) is 0. The Hall–Kier alpha value is -2.47. The first-order chi connectivity index (χ1) is 9.13. The molecule has 0 unspecified atom stereocenters. The van der Waals surface area contributed by atoms with E-state index in [9.17, 15) is 4.79 Å². The second-order valence-corrected chi connectivity index (χ2v) is 4.32. The number of rotatable bonds is 3. The van der Waals surface area contributed by atoms with Gasteiger partial charge in [-0.25, -0.2) is 4.79 Å². The van der Waals surface area contributed by atoms with Crippen LogP contribution in [0.15, 0.2) is 36.4 Å². The molecule has 0 heterocycles. The first kappa shape index (κ1) is 13.0. The third-order valence-electron chi connectivity index (χ3n) is 2.82. The molecule has 96 valence electrons. The zero-order valence-corrected chi connectivity index (χ0v) is 11.2. The molecule has 0 atom stereocenters. The Kier molecular flexibility index (Phi) is 3.72. The minimum atomic E-state index is -0.368. The van der Waals surface area contributed by atoms with Gasteiger partial charge in [-0.05, 0) is 17.7 Å². The van der Waals surface area contributed by atoms with Crippen molar-refractivity contribution in [3.63, 3.8) is 0 Å². The number of hydrogen-bond donors (Lipinski definition) is 0. The SMILES string of the molecule is COC(=O)c1cc(N(C)C)c#cc1-c1ccccc1. The van der Waals surface area contributed by atoms with E-state index < -0.39 is 0 Å². The predicted octanol–water partition coefficient (Wildman–Crippen LogP) is 2.81. The quantitative estimate of drug-likeness (QED) is 0.788. The predicted molar refractivity (Wildman–Crippen MR) is 75.2 cm³/mol. The molecule has 0 aliphatic heterocycles. The Labute approximate surface area is 113 Å². The monoisotopic (exact) mass is 253 g/mol. The second kappa shape index (κ2) is 5.45. The van der Waals surface area contributed by atoms with Gasteiger partial charge in [0.25, 0.3) is 0 Å². The van der Waals surface area contributed by atoms with Gasteiger partial charge in [-0.15, -0.1) is 0 Å². The smallest absolute Gasteiger partial charge is 0.339 e. The third-order valence-corrected chi connectivity index (χ3v) is 2.82. The van der Waals surface area contributed by atoms with Crippen LogP contribution in [0.25, 0.3) is 11.1 Å². The molecule has 2 aromatic carbocycles. The lowest BCUT2D eigenvalue weighted by Gasteiger charge is -2.12. The van der Waals surface area contributed by atoms with E-state index in [2.05, 4.69) is 12.1 Å². The summed E-state index contributed by atoms with van der Waals surface area (Å²) < 4.78 is 4.84. The van der Waals surface area contributed by atoms with Gasteiger partial charge < -0.3 is 9.64 Å². The van der Waals surface area contributed by atoms with Crippen LogP contribution in [0.4, 0.5) is 5.69 Å². The van der Waals surface area contributed by atoms with Crippen LogP contribution in [0.2, 0.25) is 0 Å². The number of anilines is 1. The summed E-state index contributed by atoms with van der Waals surface area (Å²) in [5.41, 5.74) is 2.92. The van der Waals surface area contributed by atoms with Gasteiger partial charge in [0.05, 0.1) is 18.4 Å². The molecule has 0 saturated carbocycles. The molecule has 0 amide bonds. The molecule has 0 N–H and O–H groups in total. The largest absolute Gasteiger partial charge is 0.465 e. The molecule has 0 saturated heterocycles. The molecular weight excluding hydrogens is 238 g/mol. The van der Waals surface area contributed by atoms with E-state index in [-0.39, 0.29) is 5.97 Å². The highest BCUT2D eigenvalue weighted by Crippen LogP contribution is 2.24. The van der Waals surface area contributed by atoms with Crippen molar-refractivity contribution < 1.29 is 9.53 Å². The average Bonchev–Trinajstić information content (AvgIpc) is 2.46. The standard InChI is InChI=1S/C16H15NO2/c1-17(2)13-9-10-14(12-7-5-4-6-8-12)15(11-13)16(18)19-3/h4-8,11H,1-3H3. The Morgan fingerprint density at radius 1 is 1.16 bits per heavy atom. The van der Waals surface area contributed by atoms with Gasteiger partial charge >= 0.3 is 5.97 Å². The molecular formula is C16H15NO2. The Bertz CT molecular complexity index is 577. The molecule has 3 heteroatoms. The maximum atomic E-state index is 11.9. The topological polar surface area (TPSA) is 29.5 Å². The van der Waals surface area contributed by atoms with E-state index in [0.717, 1.165) is 11.3 Å². The summed E-state index contributed by atoms with van der Waals surface area (Å²) >= 11 is 0. The summed E-state index contributed by atoms with van der Waals surface area (Å²) in [6.07, 6.45) is 0. The zero-order valence-electron chi connectivity index (χ0n) is 11.2. The van der Waals surface area contributed by atoms with E-state index in [1.165, 1.54) is 7.11 Å². The van der Waals surface area contributed by atoms with Gasteiger partial charge in [0.1, 0.15) is 0 Å². The number of ether oxygens (including phenoxy) is 1. The van der Waals surface area contributed by atoms with Gasteiger partial charge in [-0.2, -0.15) is 0 Å². The summed E-state index contributed by atoms with van der Waals surface area (Å²) in [5.74, 6) is -0.368. The maximum absolute atomic E-state index is 11.9. The highest BCUT2D eigenvalue weighted by molar-refractivity contribution is 5.97. The van der Waals surface area contributed by atoms with Crippen LogP contribution in [0, 0.1) is 12.1 Å². The number of carbonyl (C=O) groups excluding carboxylic acids is 1. The Morgan fingerprint density at radius 2 is 1.84 bits per heavy atom. The fourth-order valence-corrected chi connectivity index (χ4v) is 1.78. The normalized spacial score (nSPS) is 9.63. The second-order valence-electron chi connectivity index (χ2n) is 4.32. The van der Waals surface area contributed by atoms with E-state index in [0.29, 0.717) is 11.1 Å². The number of carbonyl (C=O) groups is 1. The van der Waals surface area contributed by atoms with Crippen molar-refractivity contribution in [1.29, 1.82) is 0 Å². The minimum absolute atomic E-state index is 0.368. The number of esters is 1. The Balaban J connectivity index is 2.57. The van der Waals surface area contributed by atoms with Crippen molar-refractivity contribution in [2.24, 2.45) is 0 Å². The summed E-state index contributed by atoms with van der Waals surface area (Å²) in [4.78, 5) is 13.8. The molecule has 0 fully saturated rings. The molecule has 3 nitrogen and oxygen atoms in total. The average molecular weight is 253 g/mol. The van der Waals surface area contributed by atoms with E-state index in [4.69, 9.17) is 4.74 Å². The number of nitrogens with zero attached hydrogens (tertiary/aromatic N) is 1. The van der Waals surface area contributed by atoms with Gasteiger partial charge in [-0.1, -0.05) is 36.4 Å². The van der Waals surface area contributed by atoms with Crippen LogP contribution in [0.5, 0.6) is 0 Å². The van der Waals surface area contributed by atoms with Gasteiger partial charge in [-0.3, -0.25) is 0 Å². The van der Waals surface area contributed by atoms with Crippen LogP contribution in [0.1, 0.15) is 10.4 Å². The lowest BCUT2D eigenvalue weighted by molar-refractivity contribution is 0.0601. The van der Waals surface area contributed by atoms with E-state index in [1.54, 1.807) is 6.07 Å². The van der Waals surface area contributed by atoms with Crippen LogP contribution >= 0.6 is 0 Å². The minimum Gasteiger partial charge on any atom is -0.465 e. The molecule has 0 bridgehead atoms. The van der Waals surface area contributed by atoms with Crippen LogP contribution < -0.4 is 4.90 Å². The van der Waals surface area contributed by atoms with Gasteiger partial charge in [0.2, 0.25) is 0 Å². The number of hydrogen-bond acceptors (Lipinski definition) is 3. The van der Waals surface area contributed by atoms with Crippen molar-refractivity contribution in [3.05, 3.63) is 54.1 Å². The molecule has 2 aromatic rings. The van der Waals surface area contributed by atoms with Crippen LogP contribution in [0.3, 0.4) is 0 Å². The van der Waals surface area contributed by atoms with Crippen molar-refractivity contribution in [2.45, 2.75) is 0 Å². The molecule has 0 aliphatic rings. The zero-order chi connectivity index (χ0) is 13.8. The van der Waals surface area contributed by atoms with Crippen molar-refractivity contribution in [1.82, 2.24) is 0 Å². The maximum Gasteiger partial charge on any atom is 0.339 e. The molecule has 0 aromatic heterocycles.